The second-order valence-electron chi connectivity index (χ2n) is 5.98. The number of hydrogen-bond acceptors (Lipinski definition) is 4. The number of anilines is 1. The molecular weight excluding hydrogens is 399 g/mol. The van der Waals surface area contributed by atoms with E-state index < -0.39 is 5.63 Å². The molecule has 7 heteroatoms. The third-order valence-electron chi connectivity index (χ3n) is 4.11. The minimum atomic E-state index is -0.447. The van der Waals surface area contributed by atoms with Gasteiger partial charge in [-0.2, -0.15) is 0 Å². The zero-order chi connectivity index (χ0) is 19.7. The molecule has 4 aromatic rings. The molecule has 1 amide bonds. The van der Waals surface area contributed by atoms with E-state index in [0.717, 1.165) is 0 Å². The van der Waals surface area contributed by atoms with E-state index in [-0.39, 0.29) is 11.8 Å². The number of nitrogens with zero attached hydrogens (tertiary/aromatic N) is 1. The number of halogens is 2. The number of carbonyl (C=O) groups excluding carboxylic acids is 1. The van der Waals surface area contributed by atoms with Gasteiger partial charge in [-0.1, -0.05) is 35.3 Å². The van der Waals surface area contributed by atoms with Crippen molar-refractivity contribution in [3.63, 3.8) is 0 Å². The van der Waals surface area contributed by atoms with E-state index in [1.165, 1.54) is 6.07 Å². The molecule has 4 rings (SSSR count). The van der Waals surface area contributed by atoms with Crippen LogP contribution in [0.4, 0.5) is 5.69 Å². The van der Waals surface area contributed by atoms with Crippen molar-refractivity contribution in [2.24, 2.45) is 0 Å². The lowest BCUT2D eigenvalue weighted by molar-refractivity contribution is 0.102. The van der Waals surface area contributed by atoms with Crippen molar-refractivity contribution in [1.29, 1.82) is 0 Å². The van der Waals surface area contributed by atoms with Gasteiger partial charge < -0.3 is 9.73 Å². The summed E-state index contributed by atoms with van der Waals surface area (Å²) in [7, 11) is 0. The fraction of sp³-hybridized carbons (Fsp3) is 0. The number of fused-ring (bicyclic) bond motifs is 1. The zero-order valence-electron chi connectivity index (χ0n) is 14.3. The number of hydrogen-bond donors (Lipinski definition) is 1. The summed E-state index contributed by atoms with van der Waals surface area (Å²) in [5.41, 5.74) is 1.70. The third-order valence-corrected chi connectivity index (χ3v) is 4.85. The van der Waals surface area contributed by atoms with E-state index in [1.807, 2.05) is 0 Å². The zero-order valence-corrected chi connectivity index (χ0v) is 15.8. The molecule has 0 spiro atoms. The first-order valence-corrected chi connectivity index (χ1v) is 9.03. The van der Waals surface area contributed by atoms with Crippen molar-refractivity contribution < 1.29 is 9.21 Å². The van der Waals surface area contributed by atoms with Gasteiger partial charge in [-0.3, -0.25) is 4.79 Å². The fourth-order valence-corrected chi connectivity index (χ4v) is 2.98. The molecule has 5 nitrogen and oxygen atoms in total. The van der Waals surface area contributed by atoms with Gasteiger partial charge in [-0.25, -0.2) is 9.78 Å². The Bertz CT molecular complexity index is 1250. The normalized spacial score (nSPS) is 10.8. The van der Waals surface area contributed by atoms with Crippen LogP contribution in [0, 0.1) is 0 Å². The number of benzene rings is 3. The van der Waals surface area contributed by atoms with Gasteiger partial charge in [-0.05, 0) is 54.6 Å². The van der Waals surface area contributed by atoms with Crippen molar-refractivity contribution in [3.8, 4) is 11.5 Å². The van der Waals surface area contributed by atoms with Crippen LogP contribution in [0.1, 0.15) is 10.4 Å². The maximum Gasteiger partial charge on any atom is 0.347 e. The number of aromatic nitrogens is 1. The summed E-state index contributed by atoms with van der Waals surface area (Å²) in [6.45, 7) is 0. The lowest BCUT2D eigenvalue weighted by Crippen LogP contribution is -2.11. The van der Waals surface area contributed by atoms with Crippen LogP contribution in [0.3, 0.4) is 0 Å². The first-order valence-electron chi connectivity index (χ1n) is 8.28. The van der Waals surface area contributed by atoms with Crippen molar-refractivity contribution in [2.45, 2.75) is 0 Å². The predicted octanol–water partition coefficient (Wildman–Crippen LogP) is 5.41. The number of rotatable bonds is 3. The Morgan fingerprint density at radius 2 is 1.68 bits per heavy atom. The van der Waals surface area contributed by atoms with E-state index in [0.29, 0.717) is 37.8 Å². The Kier molecular flexibility index (Phi) is 4.86. The molecule has 0 saturated heterocycles. The monoisotopic (exact) mass is 410 g/mol. The average Bonchev–Trinajstić information content (AvgIpc) is 2.70. The first kappa shape index (κ1) is 18.2. The third kappa shape index (κ3) is 3.63. The molecule has 1 aromatic heterocycles. The predicted molar refractivity (Wildman–Crippen MR) is 110 cm³/mol. The Hall–Kier alpha value is -3.15. The number of carbonyl (C=O) groups is 1. The van der Waals surface area contributed by atoms with E-state index in [9.17, 15) is 9.59 Å². The summed E-state index contributed by atoms with van der Waals surface area (Å²) in [6.07, 6.45) is 0. The van der Waals surface area contributed by atoms with Crippen molar-refractivity contribution in [1.82, 2.24) is 4.98 Å². The molecule has 1 heterocycles. The Morgan fingerprint density at radius 3 is 2.43 bits per heavy atom. The van der Waals surface area contributed by atoms with Gasteiger partial charge in [-0.15, -0.1) is 0 Å². The molecule has 0 unspecified atom stereocenters. The molecule has 0 aliphatic carbocycles. The Balaban J connectivity index is 1.58. The van der Waals surface area contributed by atoms with Crippen LogP contribution in [0.5, 0.6) is 0 Å². The molecule has 0 aliphatic heterocycles. The lowest BCUT2D eigenvalue weighted by atomic mass is 10.1. The molecule has 138 valence electrons. The van der Waals surface area contributed by atoms with Crippen LogP contribution >= 0.6 is 23.2 Å². The standard InChI is InChI=1S/C21H12Cl2N2O3/c22-16-10-7-13(11-17(16)23)19(26)24-14-8-5-12(6-9-14)20-25-18-4-2-1-3-15(18)21(27)28-20/h1-11H,(H,24,26). The highest BCUT2D eigenvalue weighted by Gasteiger charge is 2.11. The quantitative estimate of drug-likeness (QED) is 0.489. The Morgan fingerprint density at radius 1 is 0.929 bits per heavy atom. The maximum absolute atomic E-state index is 12.3. The summed E-state index contributed by atoms with van der Waals surface area (Å²) in [6, 6.07) is 18.5. The highest BCUT2D eigenvalue weighted by molar-refractivity contribution is 6.42. The molecule has 3 aromatic carbocycles. The second-order valence-corrected chi connectivity index (χ2v) is 6.80. The summed E-state index contributed by atoms with van der Waals surface area (Å²) in [5, 5.41) is 3.89. The van der Waals surface area contributed by atoms with Gasteiger partial charge >= 0.3 is 5.63 Å². The summed E-state index contributed by atoms with van der Waals surface area (Å²) in [4.78, 5) is 28.8. The van der Waals surface area contributed by atoms with Gasteiger partial charge in [0, 0.05) is 16.8 Å². The topological polar surface area (TPSA) is 72.2 Å². The van der Waals surface area contributed by atoms with Gasteiger partial charge in [0.15, 0.2) is 0 Å². The molecule has 0 fully saturated rings. The molecular formula is C21H12Cl2N2O3. The smallest absolute Gasteiger partial charge is 0.347 e. The highest BCUT2D eigenvalue weighted by Crippen LogP contribution is 2.24. The van der Waals surface area contributed by atoms with E-state index >= 15 is 0 Å². The highest BCUT2D eigenvalue weighted by atomic mass is 35.5. The maximum atomic E-state index is 12.3. The fourth-order valence-electron chi connectivity index (χ4n) is 2.68. The van der Waals surface area contributed by atoms with Crippen molar-refractivity contribution >= 4 is 45.7 Å². The molecule has 0 saturated carbocycles. The lowest BCUT2D eigenvalue weighted by Gasteiger charge is -2.07. The number of para-hydroxylation sites is 1. The van der Waals surface area contributed by atoms with Crippen LogP contribution in [-0.4, -0.2) is 10.9 Å². The minimum absolute atomic E-state index is 0.214. The van der Waals surface area contributed by atoms with Crippen molar-refractivity contribution in [2.75, 3.05) is 5.32 Å². The molecule has 0 atom stereocenters. The SMILES string of the molecule is O=C(Nc1ccc(-c2nc3ccccc3c(=O)o2)cc1)c1ccc(Cl)c(Cl)c1. The molecule has 1 N–H and O–H groups in total. The summed E-state index contributed by atoms with van der Waals surface area (Å²) < 4.78 is 5.31. The second kappa shape index (κ2) is 7.46. The van der Waals surface area contributed by atoms with Crippen LogP contribution in [0.15, 0.2) is 75.9 Å². The van der Waals surface area contributed by atoms with Gasteiger partial charge in [0.1, 0.15) is 0 Å². The molecule has 0 aliphatic rings. The van der Waals surface area contributed by atoms with Gasteiger partial charge in [0.25, 0.3) is 5.91 Å². The van der Waals surface area contributed by atoms with Gasteiger partial charge in [0.2, 0.25) is 5.89 Å². The van der Waals surface area contributed by atoms with Crippen LogP contribution < -0.4 is 10.9 Å². The largest absolute Gasteiger partial charge is 0.403 e. The molecule has 28 heavy (non-hydrogen) atoms. The van der Waals surface area contributed by atoms with Gasteiger partial charge in [0.05, 0.1) is 20.9 Å². The minimum Gasteiger partial charge on any atom is -0.403 e. The summed E-state index contributed by atoms with van der Waals surface area (Å²) >= 11 is 11.8. The first-order chi connectivity index (χ1) is 13.5. The Labute approximate surface area is 169 Å². The number of amides is 1. The van der Waals surface area contributed by atoms with E-state index in [4.69, 9.17) is 27.6 Å². The molecule has 0 radical (unpaired) electrons. The van der Waals surface area contributed by atoms with E-state index in [2.05, 4.69) is 10.3 Å². The van der Waals surface area contributed by atoms with Crippen molar-refractivity contribution in [3.05, 3.63) is 92.8 Å². The van der Waals surface area contributed by atoms with E-state index in [1.54, 1.807) is 60.7 Å². The average molecular weight is 411 g/mol. The summed E-state index contributed by atoms with van der Waals surface area (Å²) in [5.74, 6) is -0.104. The van der Waals surface area contributed by atoms with Crippen LogP contribution in [0.25, 0.3) is 22.4 Å². The molecule has 0 bridgehead atoms. The number of nitrogens with one attached hydrogen (secondary N) is 1. The van der Waals surface area contributed by atoms with Crippen LogP contribution in [0.2, 0.25) is 10.0 Å². The van der Waals surface area contributed by atoms with Crippen LogP contribution in [-0.2, 0) is 0 Å².